The van der Waals surface area contributed by atoms with Crippen molar-refractivity contribution in [3.05, 3.63) is 81.1 Å². The maximum Gasteiger partial charge on any atom is 0.251 e. The lowest BCUT2D eigenvalue weighted by atomic mass is 10.1. The molecule has 122 valence electrons. The number of benzene rings is 2. The SMILES string of the molecule is O=C(CCc1cc2ccccc2[nH]c1=O)NCc1ccc(Cl)cc1. The summed E-state index contributed by atoms with van der Waals surface area (Å²) in [5, 5.41) is 4.48. The van der Waals surface area contributed by atoms with E-state index in [4.69, 9.17) is 11.6 Å². The highest BCUT2D eigenvalue weighted by atomic mass is 35.5. The zero-order valence-corrected chi connectivity index (χ0v) is 13.8. The summed E-state index contributed by atoms with van der Waals surface area (Å²) < 4.78 is 0. The number of H-pyrrole nitrogens is 1. The number of aromatic amines is 1. The van der Waals surface area contributed by atoms with Gasteiger partial charge in [0.15, 0.2) is 0 Å². The molecule has 3 rings (SSSR count). The normalized spacial score (nSPS) is 10.7. The molecule has 0 spiro atoms. The van der Waals surface area contributed by atoms with Crippen molar-refractivity contribution in [3.63, 3.8) is 0 Å². The van der Waals surface area contributed by atoms with Gasteiger partial charge in [0.25, 0.3) is 5.56 Å². The predicted octanol–water partition coefficient (Wildman–Crippen LogP) is 3.43. The maximum absolute atomic E-state index is 12.1. The third-order valence-corrected chi connectivity index (χ3v) is 4.11. The number of aryl methyl sites for hydroxylation is 1. The topological polar surface area (TPSA) is 62.0 Å². The molecule has 0 atom stereocenters. The van der Waals surface area contributed by atoms with Crippen molar-refractivity contribution in [1.29, 1.82) is 0 Å². The molecular weight excluding hydrogens is 324 g/mol. The molecule has 0 saturated heterocycles. The summed E-state index contributed by atoms with van der Waals surface area (Å²) in [5.41, 5.74) is 2.27. The van der Waals surface area contributed by atoms with Gasteiger partial charge >= 0.3 is 0 Å². The van der Waals surface area contributed by atoms with Crippen molar-refractivity contribution in [2.24, 2.45) is 0 Å². The molecule has 4 nitrogen and oxygen atoms in total. The van der Waals surface area contributed by atoms with Crippen molar-refractivity contribution >= 4 is 28.4 Å². The van der Waals surface area contributed by atoms with Gasteiger partial charge in [-0.2, -0.15) is 0 Å². The lowest BCUT2D eigenvalue weighted by Crippen LogP contribution is -2.24. The van der Waals surface area contributed by atoms with Crippen LogP contribution in [0.4, 0.5) is 0 Å². The lowest BCUT2D eigenvalue weighted by Gasteiger charge is -2.06. The molecule has 2 N–H and O–H groups in total. The lowest BCUT2D eigenvalue weighted by molar-refractivity contribution is -0.121. The number of carbonyl (C=O) groups is 1. The number of pyridine rings is 1. The van der Waals surface area contributed by atoms with Crippen LogP contribution in [0.5, 0.6) is 0 Å². The van der Waals surface area contributed by atoms with Crippen molar-refractivity contribution in [1.82, 2.24) is 10.3 Å². The summed E-state index contributed by atoms with van der Waals surface area (Å²) in [4.78, 5) is 26.9. The van der Waals surface area contributed by atoms with Gasteiger partial charge in [-0.15, -0.1) is 0 Å². The Morgan fingerprint density at radius 3 is 2.62 bits per heavy atom. The number of para-hydroxylation sites is 1. The smallest absolute Gasteiger partial charge is 0.251 e. The highest BCUT2D eigenvalue weighted by Gasteiger charge is 2.07. The van der Waals surface area contributed by atoms with Gasteiger partial charge in [-0.3, -0.25) is 9.59 Å². The minimum Gasteiger partial charge on any atom is -0.352 e. The number of fused-ring (bicyclic) bond motifs is 1. The quantitative estimate of drug-likeness (QED) is 0.747. The number of amides is 1. The predicted molar refractivity (Wildman–Crippen MR) is 96.2 cm³/mol. The van der Waals surface area contributed by atoms with Gasteiger partial charge in [0.05, 0.1) is 0 Å². The first-order valence-corrected chi connectivity index (χ1v) is 8.12. The number of hydrogen-bond donors (Lipinski definition) is 2. The van der Waals surface area contributed by atoms with E-state index in [1.807, 2.05) is 42.5 Å². The standard InChI is InChI=1S/C19H17ClN2O2/c20-16-8-5-13(6-9-16)12-21-18(23)10-7-15-11-14-3-1-2-4-17(14)22-19(15)24/h1-6,8-9,11H,7,10,12H2,(H,21,23)(H,22,24). The molecule has 0 saturated carbocycles. The van der Waals surface area contributed by atoms with Gasteiger partial charge in [-0.1, -0.05) is 41.9 Å². The first-order chi connectivity index (χ1) is 11.6. The van der Waals surface area contributed by atoms with E-state index in [1.165, 1.54) is 0 Å². The van der Waals surface area contributed by atoms with Crippen molar-refractivity contribution in [2.45, 2.75) is 19.4 Å². The average molecular weight is 341 g/mol. The van der Waals surface area contributed by atoms with E-state index in [0.717, 1.165) is 16.5 Å². The van der Waals surface area contributed by atoms with Crippen molar-refractivity contribution in [2.75, 3.05) is 0 Å². The van der Waals surface area contributed by atoms with Crippen LogP contribution in [0.1, 0.15) is 17.5 Å². The summed E-state index contributed by atoms with van der Waals surface area (Å²) in [6.07, 6.45) is 0.682. The highest BCUT2D eigenvalue weighted by Crippen LogP contribution is 2.11. The highest BCUT2D eigenvalue weighted by molar-refractivity contribution is 6.30. The summed E-state index contributed by atoms with van der Waals surface area (Å²) >= 11 is 5.83. The first-order valence-electron chi connectivity index (χ1n) is 7.74. The van der Waals surface area contributed by atoms with Crippen molar-refractivity contribution < 1.29 is 4.79 Å². The third kappa shape index (κ3) is 4.03. The van der Waals surface area contributed by atoms with Crippen LogP contribution < -0.4 is 10.9 Å². The number of halogens is 1. The molecule has 1 amide bonds. The molecule has 0 aliphatic heterocycles. The minimum atomic E-state index is -0.140. The van der Waals surface area contributed by atoms with Crippen LogP contribution in [0, 0.1) is 0 Å². The molecule has 1 heterocycles. The van der Waals surface area contributed by atoms with Crippen LogP contribution >= 0.6 is 11.6 Å². The van der Waals surface area contributed by atoms with E-state index in [2.05, 4.69) is 10.3 Å². The van der Waals surface area contributed by atoms with Gasteiger partial charge in [-0.05, 0) is 41.6 Å². The Morgan fingerprint density at radius 2 is 1.83 bits per heavy atom. The molecule has 3 aromatic rings. The van der Waals surface area contributed by atoms with Crippen LogP contribution in [-0.2, 0) is 17.8 Å². The van der Waals surface area contributed by atoms with Crippen LogP contribution in [-0.4, -0.2) is 10.9 Å². The van der Waals surface area contributed by atoms with Gasteiger partial charge in [-0.25, -0.2) is 0 Å². The number of nitrogens with one attached hydrogen (secondary N) is 2. The van der Waals surface area contributed by atoms with Crippen LogP contribution in [0.2, 0.25) is 5.02 Å². The van der Waals surface area contributed by atoms with Crippen LogP contribution in [0.25, 0.3) is 10.9 Å². The molecule has 0 radical (unpaired) electrons. The number of aromatic nitrogens is 1. The Labute approximate surface area is 144 Å². The number of rotatable bonds is 5. The van der Waals surface area contributed by atoms with E-state index in [-0.39, 0.29) is 17.9 Å². The Kier molecular flexibility index (Phi) is 4.96. The maximum atomic E-state index is 12.1. The fraction of sp³-hybridized carbons (Fsp3) is 0.158. The molecule has 1 aromatic heterocycles. The van der Waals surface area contributed by atoms with E-state index in [9.17, 15) is 9.59 Å². The number of hydrogen-bond acceptors (Lipinski definition) is 2. The third-order valence-electron chi connectivity index (χ3n) is 3.85. The second-order valence-corrected chi connectivity index (χ2v) is 6.05. The summed E-state index contributed by atoms with van der Waals surface area (Å²) in [7, 11) is 0. The molecule has 0 unspecified atom stereocenters. The van der Waals surface area contributed by atoms with Gasteiger partial charge < -0.3 is 10.3 Å². The van der Waals surface area contributed by atoms with Crippen LogP contribution in [0.15, 0.2) is 59.4 Å². The second kappa shape index (κ2) is 7.32. The van der Waals surface area contributed by atoms with Gasteiger partial charge in [0, 0.05) is 29.1 Å². The first kappa shape index (κ1) is 16.3. The molecule has 24 heavy (non-hydrogen) atoms. The summed E-state index contributed by atoms with van der Waals surface area (Å²) in [5.74, 6) is -0.0856. The van der Waals surface area contributed by atoms with Crippen molar-refractivity contribution in [3.8, 4) is 0 Å². The number of carbonyl (C=O) groups excluding carboxylic acids is 1. The molecule has 5 heteroatoms. The zero-order valence-electron chi connectivity index (χ0n) is 13.0. The Hall–Kier alpha value is -2.59. The fourth-order valence-electron chi connectivity index (χ4n) is 2.52. The van der Waals surface area contributed by atoms with E-state index in [1.54, 1.807) is 12.1 Å². The van der Waals surface area contributed by atoms with E-state index >= 15 is 0 Å². The van der Waals surface area contributed by atoms with E-state index < -0.39 is 0 Å². The molecule has 0 bridgehead atoms. The molecule has 2 aromatic carbocycles. The zero-order chi connectivity index (χ0) is 16.9. The largest absolute Gasteiger partial charge is 0.352 e. The molecular formula is C19H17ClN2O2. The van der Waals surface area contributed by atoms with E-state index in [0.29, 0.717) is 23.6 Å². The summed E-state index contributed by atoms with van der Waals surface area (Å²) in [6.45, 7) is 0.448. The van der Waals surface area contributed by atoms with Crippen LogP contribution in [0.3, 0.4) is 0 Å². The second-order valence-electron chi connectivity index (χ2n) is 5.61. The van der Waals surface area contributed by atoms with Gasteiger partial charge in [0.2, 0.25) is 5.91 Å². The van der Waals surface area contributed by atoms with Gasteiger partial charge in [0.1, 0.15) is 0 Å². The Balaban J connectivity index is 1.59. The minimum absolute atomic E-state index is 0.0856. The average Bonchev–Trinajstić information content (AvgIpc) is 2.59. The Morgan fingerprint density at radius 1 is 1.08 bits per heavy atom. The molecule has 0 aliphatic carbocycles. The molecule has 0 aliphatic rings. The molecule has 0 fully saturated rings. The fourth-order valence-corrected chi connectivity index (χ4v) is 2.64. The summed E-state index contributed by atoms with van der Waals surface area (Å²) in [6, 6.07) is 16.8. The Bertz CT molecular complexity index is 917. The monoisotopic (exact) mass is 340 g/mol.